The molecular weight excluding hydrogens is 578 g/mol. The molecule has 0 radical (unpaired) electrons. The first-order valence-electron chi connectivity index (χ1n) is 15.8. The van der Waals surface area contributed by atoms with E-state index in [1.54, 1.807) is 30.1 Å². The molecule has 10 rings (SSSR count). The number of anilines is 1. The van der Waals surface area contributed by atoms with Crippen molar-refractivity contribution in [3.05, 3.63) is 181 Å². The number of hydrogen-bond donors (Lipinski definition) is 1. The Morgan fingerprint density at radius 2 is 1.13 bits per heavy atom. The Morgan fingerprint density at radius 1 is 0.532 bits per heavy atom. The fourth-order valence-corrected chi connectivity index (χ4v) is 7.86. The Morgan fingerprint density at radius 3 is 1.77 bits per heavy atom. The summed E-state index contributed by atoms with van der Waals surface area (Å²) in [4.78, 5) is 10.0. The maximum Gasteiger partial charge on any atom is 0.225 e. The van der Waals surface area contributed by atoms with Crippen molar-refractivity contribution in [2.45, 2.75) is 5.41 Å². The molecule has 0 bridgehead atoms. The fourth-order valence-electron chi connectivity index (χ4n) is 7.86. The Hall–Kier alpha value is -6.33. The Kier molecular flexibility index (Phi) is 5.43. The highest BCUT2D eigenvalue weighted by Gasteiger charge is 2.51. The van der Waals surface area contributed by atoms with Gasteiger partial charge in [-0.15, -0.1) is 5.17 Å². The molecule has 1 N–H and O–H groups in total. The Labute approximate surface area is 272 Å². The van der Waals surface area contributed by atoms with Crippen LogP contribution in [0, 0.1) is 0 Å². The zero-order valence-electron chi connectivity index (χ0n) is 25.2. The van der Waals surface area contributed by atoms with Crippen LogP contribution in [0.25, 0.3) is 56.0 Å². The molecule has 1 spiro atoms. The summed E-state index contributed by atoms with van der Waals surface area (Å²) in [6.45, 7) is 0. The van der Waals surface area contributed by atoms with Crippen molar-refractivity contribution < 1.29 is 9.25 Å². The number of oxazole rings is 1. The van der Waals surface area contributed by atoms with Gasteiger partial charge in [0.2, 0.25) is 5.89 Å². The summed E-state index contributed by atoms with van der Waals surface area (Å²) < 4.78 is 5.64. The van der Waals surface area contributed by atoms with Gasteiger partial charge >= 0.3 is 0 Å². The van der Waals surface area contributed by atoms with Crippen LogP contribution in [0.4, 0.5) is 5.69 Å². The summed E-state index contributed by atoms with van der Waals surface area (Å²) in [6, 6.07) is 48.7. The number of nitrogens with zero attached hydrogens (tertiary/aromatic N) is 2. The van der Waals surface area contributed by atoms with Crippen LogP contribution in [0.5, 0.6) is 0 Å². The van der Waals surface area contributed by atoms with E-state index in [1.165, 1.54) is 44.5 Å². The van der Waals surface area contributed by atoms with Crippen LogP contribution in [0.3, 0.4) is 0 Å². The molecule has 47 heavy (non-hydrogen) atoms. The SMILES string of the molecule is C1=CON(c2cccc(-c3ccc4c(c3)C3(c5ccccc5-c5ccccc53)c3cc(-c5cccc(-c6ncco6)c5)ccc3-4)c2)N1. The number of nitrogens with one attached hydrogen (secondary N) is 1. The molecule has 5 nitrogen and oxygen atoms in total. The molecular formula is C42H27N3O2. The van der Waals surface area contributed by atoms with Crippen LogP contribution >= 0.6 is 0 Å². The molecule has 7 aromatic rings. The first-order valence-corrected chi connectivity index (χ1v) is 15.8. The lowest BCUT2D eigenvalue weighted by Crippen LogP contribution is -2.27. The van der Waals surface area contributed by atoms with E-state index in [2.05, 4.69) is 132 Å². The summed E-state index contributed by atoms with van der Waals surface area (Å²) in [7, 11) is 0. The maximum atomic E-state index is 5.64. The molecule has 222 valence electrons. The van der Waals surface area contributed by atoms with E-state index >= 15 is 0 Å². The minimum absolute atomic E-state index is 0.467. The average Bonchev–Trinajstić information content (AvgIpc) is 3.96. The second kappa shape index (κ2) is 9.83. The minimum atomic E-state index is -0.467. The fraction of sp³-hybridized carbons (Fsp3) is 0.0238. The third-order valence-electron chi connectivity index (χ3n) is 9.80. The van der Waals surface area contributed by atoms with Crippen LogP contribution in [-0.2, 0) is 10.3 Å². The molecule has 2 heterocycles. The number of hydrazine groups is 1. The Bertz CT molecular complexity index is 2340. The third kappa shape index (κ3) is 3.68. The van der Waals surface area contributed by atoms with Crippen molar-refractivity contribution in [3.63, 3.8) is 0 Å². The van der Waals surface area contributed by atoms with Crippen LogP contribution in [0.1, 0.15) is 22.3 Å². The van der Waals surface area contributed by atoms with E-state index in [0.29, 0.717) is 5.89 Å². The number of benzene rings is 6. The second-order valence-corrected chi connectivity index (χ2v) is 12.2. The zero-order chi connectivity index (χ0) is 31.0. The van der Waals surface area contributed by atoms with Gasteiger partial charge in [0.05, 0.1) is 23.5 Å². The normalized spacial score (nSPS) is 14.3. The maximum absolute atomic E-state index is 5.64. The van der Waals surface area contributed by atoms with E-state index in [0.717, 1.165) is 33.5 Å². The van der Waals surface area contributed by atoms with Gasteiger partial charge in [-0.25, -0.2) is 4.98 Å². The number of fused-ring (bicyclic) bond motifs is 10. The van der Waals surface area contributed by atoms with E-state index in [9.17, 15) is 0 Å². The van der Waals surface area contributed by atoms with Gasteiger partial charge in [-0.2, -0.15) is 0 Å². The van der Waals surface area contributed by atoms with Gasteiger partial charge in [-0.3, -0.25) is 5.43 Å². The van der Waals surface area contributed by atoms with E-state index in [-0.39, 0.29) is 0 Å². The predicted molar refractivity (Wildman–Crippen MR) is 185 cm³/mol. The zero-order valence-corrected chi connectivity index (χ0v) is 25.2. The molecule has 0 saturated heterocycles. The van der Waals surface area contributed by atoms with Crippen molar-refractivity contribution in [2.24, 2.45) is 0 Å². The molecule has 2 aliphatic carbocycles. The molecule has 0 atom stereocenters. The van der Waals surface area contributed by atoms with E-state index < -0.39 is 5.41 Å². The van der Waals surface area contributed by atoms with Gasteiger partial charge in [-0.1, -0.05) is 97.1 Å². The standard InChI is InChI=1S/C42H27N3O2/c1-3-13-37-33(11-1)34-12-2-4-14-38(34)42(37)39-25-29(27-7-5-9-31(23-27)41-43-19-21-46-41)15-17-35(39)36-18-16-30(26-40(36)42)28-8-6-10-32(24-28)45-44-20-22-47-45/h1-26,44H. The van der Waals surface area contributed by atoms with Gasteiger partial charge < -0.3 is 9.25 Å². The molecule has 1 aromatic heterocycles. The predicted octanol–water partition coefficient (Wildman–Crippen LogP) is 9.75. The monoisotopic (exact) mass is 605 g/mol. The molecule has 0 unspecified atom stereocenters. The highest BCUT2D eigenvalue weighted by molar-refractivity contribution is 5.97. The van der Waals surface area contributed by atoms with Crippen molar-refractivity contribution >= 4 is 5.69 Å². The van der Waals surface area contributed by atoms with Crippen LogP contribution in [0.15, 0.2) is 163 Å². The quantitative estimate of drug-likeness (QED) is 0.216. The lowest BCUT2D eigenvalue weighted by molar-refractivity contribution is 0.221. The number of hydrogen-bond acceptors (Lipinski definition) is 5. The van der Waals surface area contributed by atoms with Gasteiger partial charge in [0.25, 0.3) is 0 Å². The summed E-state index contributed by atoms with van der Waals surface area (Å²) in [5.74, 6) is 0.621. The van der Waals surface area contributed by atoms with Gasteiger partial charge in [0.1, 0.15) is 12.5 Å². The summed E-state index contributed by atoms with van der Waals surface area (Å²) in [5.41, 5.74) is 19.4. The van der Waals surface area contributed by atoms with Crippen molar-refractivity contribution in [1.82, 2.24) is 10.4 Å². The third-order valence-corrected chi connectivity index (χ3v) is 9.80. The summed E-state index contributed by atoms with van der Waals surface area (Å²) >= 11 is 0. The first-order chi connectivity index (χ1) is 23.3. The molecule has 5 heteroatoms. The van der Waals surface area contributed by atoms with E-state index in [4.69, 9.17) is 9.25 Å². The van der Waals surface area contributed by atoms with E-state index in [1.807, 2.05) is 12.1 Å². The van der Waals surface area contributed by atoms with Crippen molar-refractivity contribution in [3.8, 4) is 56.0 Å². The molecule has 0 fully saturated rings. The lowest BCUT2D eigenvalue weighted by Gasteiger charge is -2.31. The number of aromatic nitrogens is 1. The molecule has 1 aliphatic heterocycles. The van der Waals surface area contributed by atoms with Crippen molar-refractivity contribution in [1.29, 1.82) is 0 Å². The molecule has 3 aliphatic rings. The van der Waals surface area contributed by atoms with Crippen LogP contribution in [0.2, 0.25) is 0 Å². The average molecular weight is 606 g/mol. The topological polar surface area (TPSA) is 50.5 Å². The molecule has 6 aromatic carbocycles. The molecule has 0 amide bonds. The van der Waals surface area contributed by atoms with Gasteiger partial charge in [-0.05, 0) is 103 Å². The van der Waals surface area contributed by atoms with Crippen LogP contribution < -0.4 is 10.6 Å². The van der Waals surface area contributed by atoms with Gasteiger partial charge in [0.15, 0.2) is 0 Å². The highest BCUT2D eigenvalue weighted by Crippen LogP contribution is 2.63. The summed E-state index contributed by atoms with van der Waals surface area (Å²) in [6.07, 6.45) is 6.71. The summed E-state index contributed by atoms with van der Waals surface area (Å²) in [5, 5.41) is 1.66. The van der Waals surface area contributed by atoms with Crippen LogP contribution in [-0.4, -0.2) is 4.98 Å². The lowest BCUT2D eigenvalue weighted by atomic mass is 9.70. The smallest absolute Gasteiger partial charge is 0.225 e. The van der Waals surface area contributed by atoms with Crippen molar-refractivity contribution in [2.75, 3.05) is 5.17 Å². The second-order valence-electron chi connectivity index (χ2n) is 12.2. The number of rotatable bonds is 4. The van der Waals surface area contributed by atoms with Gasteiger partial charge in [0, 0.05) is 5.56 Å². The first kappa shape index (κ1) is 25.9. The molecule has 0 saturated carbocycles. The Balaban J connectivity index is 1.21. The largest absolute Gasteiger partial charge is 0.445 e. The highest BCUT2D eigenvalue weighted by atomic mass is 16.7. The minimum Gasteiger partial charge on any atom is -0.445 e.